The number of carbonyl (C=O) groups excluding carboxylic acids is 1. The molecule has 0 aliphatic rings. The molecular formula is C16H16N2O3. The zero-order valence-electron chi connectivity index (χ0n) is 12.1. The Morgan fingerprint density at radius 2 is 1.90 bits per heavy atom. The van der Waals surface area contributed by atoms with Crippen LogP contribution in [0.1, 0.15) is 21.5 Å². The van der Waals surface area contributed by atoms with Crippen LogP contribution in [0.2, 0.25) is 0 Å². The number of carbonyl (C=O) groups is 1. The fourth-order valence-electron chi connectivity index (χ4n) is 1.86. The van der Waals surface area contributed by atoms with Crippen LogP contribution in [0.15, 0.2) is 40.6 Å². The number of nitrogens with zero attached hydrogens (tertiary/aromatic N) is 2. The van der Waals surface area contributed by atoms with Gasteiger partial charge >= 0.3 is 0 Å². The molecule has 0 aromatic heterocycles. The normalized spacial score (nSPS) is 10.8. The summed E-state index contributed by atoms with van der Waals surface area (Å²) in [4.78, 5) is 10.9. The molecule has 0 fully saturated rings. The molecule has 0 unspecified atom stereocenters. The topological polar surface area (TPSA) is 71.2 Å². The van der Waals surface area contributed by atoms with Crippen molar-refractivity contribution in [3.05, 3.63) is 47.0 Å². The fourth-order valence-corrected chi connectivity index (χ4v) is 1.86. The number of aryl methyl sites for hydroxylation is 2. The molecular weight excluding hydrogens is 268 g/mol. The molecule has 21 heavy (non-hydrogen) atoms. The first-order valence-corrected chi connectivity index (χ1v) is 6.40. The molecule has 0 heterocycles. The smallest absolute Gasteiger partial charge is 0.168 e. The minimum atomic E-state index is -0.196. The van der Waals surface area contributed by atoms with E-state index in [0.29, 0.717) is 12.0 Å². The fraction of sp³-hybridized carbons (Fsp3) is 0.188. The van der Waals surface area contributed by atoms with Crippen molar-refractivity contribution in [1.29, 1.82) is 0 Å². The van der Waals surface area contributed by atoms with Gasteiger partial charge in [-0.1, -0.05) is 12.1 Å². The van der Waals surface area contributed by atoms with Gasteiger partial charge in [-0.3, -0.25) is 4.79 Å². The lowest BCUT2D eigenvalue weighted by Gasteiger charge is -2.06. The zero-order chi connectivity index (χ0) is 15.4. The largest absolute Gasteiger partial charge is 0.504 e. The Hall–Kier alpha value is -2.69. The summed E-state index contributed by atoms with van der Waals surface area (Å²) in [7, 11) is 1.41. The van der Waals surface area contributed by atoms with Gasteiger partial charge in [0.05, 0.1) is 24.0 Å². The number of azo groups is 1. The number of aldehydes is 1. The van der Waals surface area contributed by atoms with Crippen LogP contribution >= 0.6 is 0 Å². The summed E-state index contributed by atoms with van der Waals surface area (Å²) < 4.78 is 5.01. The Balaban J connectivity index is 2.41. The lowest BCUT2D eigenvalue weighted by atomic mass is 10.1. The van der Waals surface area contributed by atoms with Gasteiger partial charge in [-0.15, -0.1) is 0 Å². The number of hydrogen-bond donors (Lipinski definition) is 1. The molecule has 0 amide bonds. The Morgan fingerprint density at radius 3 is 2.57 bits per heavy atom. The number of benzene rings is 2. The summed E-state index contributed by atoms with van der Waals surface area (Å²) in [5, 5.41) is 18.1. The van der Waals surface area contributed by atoms with Gasteiger partial charge < -0.3 is 9.84 Å². The number of aromatic hydroxyl groups is 1. The van der Waals surface area contributed by atoms with Crippen molar-refractivity contribution < 1.29 is 14.6 Å². The van der Waals surface area contributed by atoms with E-state index in [4.69, 9.17) is 4.74 Å². The van der Waals surface area contributed by atoms with E-state index in [-0.39, 0.29) is 17.1 Å². The first-order chi connectivity index (χ1) is 10.0. The molecule has 0 aliphatic heterocycles. The van der Waals surface area contributed by atoms with E-state index >= 15 is 0 Å². The van der Waals surface area contributed by atoms with E-state index in [1.807, 2.05) is 32.0 Å². The van der Waals surface area contributed by atoms with Crippen LogP contribution in [0, 0.1) is 13.8 Å². The van der Waals surface area contributed by atoms with Crippen molar-refractivity contribution in [3.8, 4) is 11.5 Å². The quantitative estimate of drug-likeness (QED) is 0.674. The summed E-state index contributed by atoms with van der Waals surface area (Å²) in [5.74, 6) is -0.00676. The highest BCUT2D eigenvalue weighted by molar-refractivity contribution is 5.83. The first kappa shape index (κ1) is 14.7. The van der Waals surface area contributed by atoms with Crippen LogP contribution in [0.25, 0.3) is 0 Å². The van der Waals surface area contributed by atoms with Crippen molar-refractivity contribution in [2.45, 2.75) is 13.8 Å². The Morgan fingerprint density at radius 1 is 1.14 bits per heavy atom. The predicted octanol–water partition coefficient (Wildman–Crippen LogP) is 4.25. The minimum absolute atomic E-state index is 0.115. The van der Waals surface area contributed by atoms with E-state index in [1.54, 1.807) is 0 Å². The van der Waals surface area contributed by atoms with Gasteiger partial charge in [0, 0.05) is 6.07 Å². The number of phenolic OH excluding ortho intramolecular Hbond substituents is 1. The Labute approximate surface area is 122 Å². The molecule has 2 aromatic rings. The number of methoxy groups -OCH3 is 1. The van der Waals surface area contributed by atoms with Gasteiger partial charge in [-0.05, 0) is 37.1 Å². The van der Waals surface area contributed by atoms with Crippen LogP contribution in [-0.4, -0.2) is 18.5 Å². The highest BCUT2D eigenvalue weighted by Crippen LogP contribution is 2.34. The number of rotatable bonds is 4. The summed E-state index contributed by atoms with van der Waals surface area (Å²) in [6.45, 7) is 3.93. The van der Waals surface area contributed by atoms with Gasteiger partial charge in [0.2, 0.25) is 0 Å². The molecule has 108 valence electrons. The van der Waals surface area contributed by atoms with Gasteiger partial charge in [-0.2, -0.15) is 10.2 Å². The maximum Gasteiger partial charge on any atom is 0.168 e. The third-order valence-electron chi connectivity index (χ3n) is 3.07. The third kappa shape index (κ3) is 3.25. The van der Waals surface area contributed by atoms with Crippen LogP contribution < -0.4 is 4.74 Å². The van der Waals surface area contributed by atoms with Gasteiger partial charge in [0.25, 0.3) is 0 Å². The van der Waals surface area contributed by atoms with Crippen molar-refractivity contribution in [2.24, 2.45) is 10.2 Å². The van der Waals surface area contributed by atoms with E-state index in [9.17, 15) is 9.90 Å². The average Bonchev–Trinajstić information content (AvgIpc) is 2.49. The van der Waals surface area contributed by atoms with Gasteiger partial charge in [0.1, 0.15) is 0 Å². The van der Waals surface area contributed by atoms with Gasteiger partial charge in [-0.25, -0.2) is 0 Å². The summed E-state index contributed by atoms with van der Waals surface area (Å²) >= 11 is 0. The number of ether oxygens (including phenoxy) is 1. The first-order valence-electron chi connectivity index (χ1n) is 6.40. The predicted molar refractivity (Wildman–Crippen MR) is 80.1 cm³/mol. The second-order valence-electron chi connectivity index (χ2n) is 4.69. The summed E-state index contributed by atoms with van der Waals surface area (Å²) in [6, 6.07) is 8.88. The van der Waals surface area contributed by atoms with Gasteiger partial charge in [0.15, 0.2) is 17.8 Å². The lowest BCUT2D eigenvalue weighted by Crippen LogP contribution is -1.88. The molecule has 5 nitrogen and oxygen atoms in total. The van der Waals surface area contributed by atoms with Crippen LogP contribution in [0.5, 0.6) is 11.5 Å². The molecule has 0 saturated heterocycles. The average molecular weight is 284 g/mol. The molecule has 5 heteroatoms. The third-order valence-corrected chi connectivity index (χ3v) is 3.07. The Bertz CT molecular complexity index is 709. The molecule has 0 radical (unpaired) electrons. The highest BCUT2D eigenvalue weighted by Gasteiger charge is 2.10. The molecule has 2 aromatic carbocycles. The van der Waals surface area contributed by atoms with E-state index in [2.05, 4.69) is 10.2 Å². The van der Waals surface area contributed by atoms with Crippen LogP contribution in [0.4, 0.5) is 11.4 Å². The van der Waals surface area contributed by atoms with E-state index < -0.39 is 0 Å². The Kier molecular flexibility index (Phi) is 4.33. The standard InChI is InChI=1S/C16H16N2O3/c1-10-4-5-11(2)14(6-10)18-17-13-7-12(9-19)16(20)15(8-13)21-3/h4-9,20H,1-3H3. The summed E-state index contributed by atoms with van der Waals surface area (Å²) in [5.41, 5.74) is 3.41. The zero-order valence-corrected chi connectivity index (χ0v) is 12.1. The van der Waals surface area contributed by atoms with Crippen molar-refractivity contribution in [2.75, 3.05) is 7.11 Å². The SMILES string of the molecule is COc1cc(N=Nc2cc(C)ccc2C)cc(C=O)c1O. The van der Waals surface area contributed by atoms with Crippen molar-refractivity contribution >= 4 is 17.7 Å². The molecule has 0 aliphatic carbocycles. The van der Waals surface area contributed by atoms with E-state index in [0.717, 1.165) is 16.8 Å². The molecule has 0 spiro atoms. The van der Waals surface area contributed by atoms with Crippen LogP contribution in [0.3, 0.4) is 0 Å². The number of phenols is 1. The molecule has 0 saturated carbocycles. The summed E-state index contributed by atoms with van der Waals surface area (Å²) in [6.07, 6.45) is 0.550. The van der Waals surface area contributed by atoms with Crippen molar-refractivity contribution in [1.82, 2.24) is 0 Å². The molecule has 0 atom stereocenters. The molecule has 2 rings (SSSR count). The molecule has 0 bridgehead atoms. The van der Waals surface area contributed by atoms with Crippen LogP contribution in [-0.2, 0) is 0 Å². The lowest BCUT2D eigenvalue weighted by molar-refractivity contribution is 0.112. The van der Waals surface area contributed by atoms with Crippen molar-refractivity contribution in [3.63, 3.8) is 0 Å². The second-order valence-corrected chi connectivity index (χ2v) is 4.69. The van der Waals surface area contributed by atoms with E-state index in [1.165, 1.54) is 19.2 Å². The highest BCUT2D eigenvalue weighted by atomic mass is 16.5. The monoisotopic (exact) mass is 284 g/mol. The number of hydrogen-bond acceptors (Lipinski definition) is 5. The maximum atomic E-state index is 10.9. The minimum Gasteiger partial charge on any atom is -0.504 e. The maximum absolute atomic E-state index is 10.9. The molecule has 1 N–H and O–H groups in total. The second kappa shape index (κ2) is 6.17.